The van der Waals surface area contributed by atoms with Gasteiger partial charge in [-0.05, 0) is 37.9 Å². The van der Waals surface area contributed by atoms with Crippen LogP contribution in [0.5, 0.6) is 5.75 Å². The number of piperidine rings is 1. The fraction of sp³-hybridized carbons (Fsp3) is 0.588. The maximum Gasteiger partial charge on any atom is 0.119 e. The van der Waals surface area contributed by atoms with Crippen LogP contribution in [0.1, 0.15) is 38.5 Å². The van der Waals surface area contributed by atoms with Gasteiger partial charge >= 0.3 is 0 Å². The first kappa shape index (κ1) is 14.4. The van der Waals surface area contributed by atoms with Crippen LogP contribution in [-0.2, 0) is 0 Å². The minimum Gasteiger partial charge on any atom is -0.490 e. The summed E-state index contributed by atoms with van der Waals surface area (Å²) in [6.07, 6.45) is 7.71. The quantitative estimate of drug-likeness (QED) is 0.689. The zero-order valence-electron chi connectivity index (χ0n) is 11.9. The molecule has 0 amide bonds. The average molecular weight is 260 g/mol. The highest BCUT2D eigenvalue weighted by Gasteiger charge is 2.19. The normalized spacial score (nSPS) is 17.5. The molecule has 0 N–H and O–H groups in total. The van der Waals surface area contributed by atoms with E-state index in [4.69, 9.17) is 4.74 Å². The van der Waals surface area contributed by atoms with Crippen LogP contribution in [0.2, 0.25) is 0 Å². The van der Waals surface area contributed by atoms with E-state index in [2.05, 4.69) is 11.8 Å². The van der Waals surface area contributed by atoms with Gasteiger partial charge in [0.1, 0.15) is 11.9 Å². The van der Waals surface area contributed by atoms with Gasteiger partial charge in [-0.25, -0.2) is 0 Å². The number of nitrogens with zero attached hydrogens (tertiary/aromatic N) is 1. The lowest BCUT2D eigenvalue weighted by molar-refractivity contribution is 0.0995. The van der Waals surface area contributed by atoms with Crippen LogP contribution in [0.3, 0.4) is 0 Å². The second-order valence-electron chi connectivity index (χ2n) is 5.39. The van der Waals surface area contributed by atoms with Gasteiger partial charge in [0.2, 0.25) is 0 Å². The third kappa shape index (κ3) is 5.23. The zero-order chi connectivity index (χ0) is 13.3. The van der Waals surface area contributed by atoms with Crippen molar-refractivity contribution < 1.29 is 4.74 Å². The Morgan fingerprint density at radius 3 is 2.47 bits per heavy atom. The number of hydrogen-bond donors (Lipinski definition) is 0. The Kier molecular flexibility index (Phi) is 6.22. The molecule has 105 valence electrons. The van der Waals surface area contributed by atoms with Crippen molar-refractivity contribution in [3.05, 3.63) is 37.3 Å². The number of benzene rings is 1. The molecular weight excluding hydrogens is 234 g/mol. The molecule has 0 aliphatic carbocycles. The van der Waals surface area contributed by atoms with Crippen LogP contribution < -0.4 is 4.74 Å². The summed E-state index contributed by atoms with van der Waals surface area (Å²) in [5.74, 6) is 1.01. The Labute approximate surface area is 117 Å². The molecule has 1 radical (unpaired) electrons. The largest absolute Gasteiger partial charge is 0.490 e. The van der Waals surface area contributed by atoms with Gasteiger partial charge in [0.25, 0.3) is 0 Å². The van der Waals surface area contributed by atoms with Crippen molar-refractivity contribution in [3.8, 4) is 5.75 Å². The van der Waals surface area contributed by atoms with Crippen molar-refractivity contribution in [2.75, 3.05) is 19.6 Å². The average Bonchev–Trinajstić information content (AvgIpc) is 2.46. The van der Waals surface area contributed by atoms with E-state index in [9.17, 15) is 0 Å². The molecule has 2 nitrogen and oxygen atoms in total. The van der Waals surface area contributed by atoms with E-state index in [0.29, 0.717) is 6.10 Å². The van der Waals surface area contributed by atoms with E-state index in [-0.39, 0.29) is 0 Å². The van der Waals surface area contributed by atoms with Crippen LogP contribution >= 0.6 is 0 Å². The fourth-order valence-corrected chi connectivity index (χ4v) is 2.63. The Balaban J connectivity index is 1.62. The summed E-state index contributed by atoms with van der Waals surface area (Å²) >= 11 is 0. The minimum atomic E-state index is 0.401. The highest BCUT2D eigenvalue weighted by molar-refractivity contribution is 5.21. The molecule has 1 aromatic rings. The van der Waals surface area contributed by atoms with Gasteiger partial charge in [0, 0.05) is 13.1 Å². The molecule has 1 aliphatic heterocycles. The summed E-state index contributed by atoms with van der Waals surface area (Å²) < 4.78 is 6.01. The zero-order valence-corrected chi connectivity index (χ0v) is 11.9. The van der Waals surface area contributed by atoms with Gasteiger partial charge in [-0.15, -0.1) is 0 Å². The van der Waals surface area contributed by atoms with E-state index in [1.807, 2.05) is 30.3 Å². The van der Waals surface area contributed by atoms with Crippen molar-refractivity contribution in [2.24, 2.45) is 0 Å². The third-order valence-corrected chi connectivity index (χ3v) is 3.80. The fourth-order valence-electron chi connectivity index (χ4n) is 2.63. The second kappa shape index (κ2) is 8.21. The summed E-state index contributed by atoms with van der Waals surface area (Å²) in [7, 11) is 0. The molecule has 0 atom stereocenters. The molecule has 0 spiro atoms. The van der Waals surface area contributed by atoms with Crippen molar-refractivity contribution in [2.45, 2.75) is 44.6 Å². The molecule has 0 bridgehead atoms. The molecule has 1 aromatic carbocycles. The molecule has 0 unspecified atom stereocenters. The smallest absolute Gasteiger partial charge is 0.119 e. The standard InChI is InChI=1S/C17H26NO/c1-2-3-4-8-13-18-14-11-17(12-15-18)19-16-9-6-5-7-10-16/h5-7,9-10,17H,1-4,8,11-15H2. The first-order valence-corrected chi connectivity index (χ1v) is 7.62. The Hall–Kier alpha value is -1.02. The van der Waals surface area contributed by atoms with E-state index < -0.39 is 0 Å². The molecule has 0 aromatic heterocycles. The van der Waals surface area contributed by atoms with Crippen molar-refractivity contribution in [1.29, 1.82) is 0 Å². The van der Waals surface area contributed by atoms with E-state index in [1.54, 1.807) is 0 Å². The summed E-state index contributed by atoms with van der Waals surface area (Å²) in [5, 5.41) is 0. The topological polar surface area (TPSA) is 12.5 Å². The molecule has 0 saturated carbocycles. The van der Waals surface area contributed by atoms with Gasteiger partial charge in [-0.2, -0.15) is 0 Å². The summed E-state index contributed by atoms with van der Waals surface area (Å²) in [5.41, 5.74) is 0. The molecule has 1 saturated heterocycles. The number of unbranched alkanes of at least 4 members (excludes halogenated alkanes) is 3. The van der Waals surface area contributed by atoms with Crippen molar-refractivity contribution in [3.63, 3.8) is 0 Å². The van der Waals surface area contributed by atoms with Crippen LogP contribution in [0.15, 0.2) is 30.3 Å². The van der Waals surface area contributed by atoms with Crippen molar-refractivity contribution in [1.82, 2.24) is 4.90 Å². The van der Waals surface area contributed by atoms with Crippen LogP contribution in [0.4, 0.5) is 0 Å². The maximum atomic E-state index is 6.01. The molecule has 1 heterocycles. The minimum absolute atomic E-state index is 0.401. The van der Waals surface area contributed by atoms with Crippen LogP contribution in [-0.4, -0.2) is 30.6 Å². The summed E-state index contributed by atoms with van der Waals surface area (Å²) in [6, 6.07) is 10.2. The predicted octanol–water partition coefficient (Wildman–Crippen LogP) is 3.92. The lowest BCUT2D eigenvalue weighted by Crippen LogP contribution is -2.38. The van der Waals surface area contributed by atoms with Crippen LogP contribution in [0.25, 0.3) is 0 Å². The molecule has 1 aliphatic rings. The Morgan fingerprint density at radius 1 is 1.05 bits per heavy atom. The summed E-state index contributed by atoms with van der Waals surface area (Å²) in [4.78, 5) is 2.58. The number of hydrogen-bond acceptors (Lipinski definition) is 2. The second-order valence-corrected chi connectivity index (χ2v) is 5.39. The van der Waals surface area contributed by atoms with E-state index >= 15 is 0 Å². The summed E-state index contributed by atoms with van der Waals surface area (Å²) in [6.45, 7) is 7.50. The van der Waals surface area contributed by atoms with E-state index in [0.717, 1.165) is 25.0 Å². The van der Waals surface area contributed by atoms with Gasteiger partial charge in [0.05, 0.1) is 0 Å². The highest BCUT2D eigenvalue weighted by atomic mass is 16.5. The number of ether oxygens (including phenoxy) is 1. The van der Waals surface area contributed by atoms with Gasteiger partial charge in [-0.1, -0.05) is 44.4 Å². The molecule has 1 fully saturated rings. The lowest BCUT2D eigenvalue weighted by atomic mass is 10.1. The van der Waals surface area contributed by atoms with E-state index in [1.165, 1.54) is 38.9 Å². The first-order valence-electron chi connectivity index (χ1n) is 7.62. The number of likely N-dealkylation sites (tertiary alicyclic amines) is 1. The molecule has 2 rings (SSSR count). The molecular formula is C17H26NO. The van der Waals surface area contributed by atoms with Gasteiger partial charge in [0.15, 0.2) is 0 Å². The van der Waals surface area contributed by atoms with Gasteiger partial charge in [-0.3, -0.25) is 0 Å². The Bertz CT molecular complexity index is 330. The molecule has 2 heteroatoms. The first-order chi connectivity index (χ1) is 9.38. The predicted molar refractivity (Wildman–Crippen MR) is 80.4 cm³/mol. The maximum absolute atomic E-state index is 6.01. The highest BCUT2D eigenvalue weighted by Crippen LogP contribution is 2.18. The monoisotopic (exact) mass is 260 g/mol. The third-order valence-electron chi connectivity index (χ3n) is 3.80. The van der Waals surface area contributed by atoms with Crippen LogP contribution in [0, 0.1) is 6.92 Å². The van der Waals surface area contributed by atoms with Gasteiger partial charge < -0.3 is 9.64 Å². The number of para-hydroxylation sites is 1. The Morgan fingerprint density at radius 2 is 1.79 bits per heavy atom. The SMILES string of the molecule is [CH2]CCCCCN1CCC(Oc2ccccc2)CC1. The van der Waals surface area contributed by atoms with Crippen molar-refractivity contribution >= 4 is 0 Å². The lowest BCUT2D eigenvalue weighted by Gasteiger charge is -2.32. The number of rotatable bonds is 7. The molecule has 19 heavy (non-hydrogen) atoms.